The van der Waals surface area contributed by atoms with Gasteiger partial charge in [-0.05, 0) is 60.7 Å². The van der Waals surface area contributed by atoms with Crippen molar-refractivity contribution in [2.75, 3.05) is 16.4 Å². The molecule has 144 valence electrons. The van der Waals surface area contributed by atoms with E-state index in [1.54, 1.807) is 36.4 Å². The first-order valence-corrected chi connectivity index (χ1v) is 8.04. The van der Waals surface area contributed by atoms with Gasteiger partial charge in [0.25, 0.3) is 0 Å². The summed E-state index contributed by atoms with van der Waals surface area (Å²) in [4.78, 5) is 15.9. The van der Waals surface area contributed by atoms with Crippen molar-refractivity contribution in [1.82, 2.24) is 4.98 Å². The number of hydrogen-bond donors (Lipinski definition) is 3. The number of nitrogen functional groups attached to an aromatic ring is 1. The van der Waals surface area contributed by atoms with Crippen molar-refractivity contribution in [3.63, 3.8) is 0 Å². The SMILES string of the molecule is Nc1ccc(Oc2ccc(NC(=O)Nc3ccc(C(F)(F)F)cc3)cc2)cn1. The zero-order valence-corrected chi connectivity index (χ0v) is 14.3. The molecule has 6 nitrogen and oxygen atoms in total. The second-order valence-corrected chi connectivity index (χ2v) is 5.70. The van der Waals surface area contributed by atoms with Gasteiger partial charge in [0, 0.05) is 11.4 Å². The summed E-state index contributed by atoms with van der Waals surface area (Å²) in [5, 5.41) is 5.04. The van der Waals surface area contributed by atoms with Gasteiger partial charge in [0.2, 0.25) is 0 Å². The van der Waals surface area contributed by atoms with Gasteiger partial charge in [0.15, 0.2) is 0 Å². The molecule has 0 aliphatic carbocycles. The predicted molar refractivity (Wildman–Crippen MR) is 99.3 cm³/mol. The third-order valence-electron chi connectivity index (χ3n) is 3.58. The molecule has 0 aliphatic heterocycles. The summed E-state index contributed by atoms with van der Waals surface area (Å²) >= 11 is 0. The van der Waals surface area contributed by atoms with Gasteiger partial charge in [-0.25, -0.2) is 9.78 Å². The minimum atomic E-state index is -4.42. The lowest BCUT2D eigenvalue weighted by Crippen LogP contribution is -2.19. The molecular formula is C19H15F3N4O2. The summed E-state index contributed by atoms with van der Waals surface area (Å²) in [7, 11) is 0. The quantitative estimate of drug-likeness (QED) is 0.579. The molecule has 0 unspecified atom stereocenters. The lowest BCUT2D eigenvalue weighted by atomic mass is 10.2. The average Bonchev–Trinajstić information content (AvgIpc) is 2.65. The highest BCUT2D eigenvalue weighted by atomic mass is 19.4. The number of amides is 2. The Morgan fingerprint density at radius 3 is 1.89 bits per heavy atom. The van der Waals surface area contributed by atoms with E-state index in [4.69, 9.17) is 10.5 Å². The third-order valence-corrected chi connectivity index (χ3v) is 3.58. The largest absolute Gasteiger partial charge is 0.456 e. The number of carbonyl (C=O) groups is 1. The lowest BCUT2D eigenvalue weighted by molar-refractivity contribution is -0.137. The zero-order chi connectivity index (χ0) is 20.1. The molecule has 3 aromatic rings. The van der Waals surface area contributed by atoms with E-state index in [1.807, 2.05) is 0 Å². The molecule has 0 fully saturated rings. The molecule has 2 aromatic carbocycles. The zero-order valence-electron chi connectivity index (χ0n) is 14.3. The molecule has 9 heteroatoms. The summed E-state index contributed by atoms with van der Waals surface area (Å²) < 4.78 is 43.2. The standard InChI is InChI=1S/C19H15F3N4O2/c20-19(21,22)12-1-3-13(4-2-12)25-18(27)26-14-5-7-15(8-6-14)28-16-9-10-17(23)24-11-16/h1-11H,(H2,23,24)(H2,25,26,27). The Bertz CT molecular complexity index is 941. The molecule has 1 aromatic heterocycles. The van der Waals surface area contributed by atoms with Crippen LogP contribution >= 0.6 is 0 Å². The number of carbonyl (C=O) groups excluding carboxylic acids is 1. The van der Waals surface area contributed by atoms with Crippen molar-refractivity contribution in [3.05, 3.63) is 72.4 Å². The summed E-state index contributed by atoms with van der Waals surface area (Å²) in [5.41, 5.74) is 5.43. The number of nitrogens with one attached hydrogen (secondary N) is 2. The van der Waals surface area contributed by atoms with Crippen molar-refractivity contribution in [1.29, 1.82) is 0 Å². The Kier molecular flexibility index (Phi) is 5.35. The molecule has 4 N–H and O–H groups in total. The van der Waals surface area contributed by atoms with Gasteiger partial charge in [0.1, 0.15) is 17.3 Å². The number of pyridine rings is 1. The van der Waals surface area contributed by atoms with Crippen molar-refractivity contribution in [3.8, 4) is 11.5 Å². The molecule has 0 atom stereocenters. The van der Waals surface area contributed by atoms with Crippen LogP contribution in [0.3, 0.4) is 0 Å². The van der Waals surface area contributed by atoms with E-state index in [2.05, 4.69) is 15.6 Å². The van der Waals surface area contributed by atoms with E-state index in [-0.39, 0.29) is 5.69 Å². The maximum Gasteiger partial charge on any atom is 0.416 e. The maximum absolute atomic E-state index is 12.5. The van der Waals surface area contributed by atoms with E-state index in [1.165, 1.54) is 18.3 Å². The minimum absolute atomic E-state index is 0.237. The van der Waals surface area contributed by atoms with Crippen LogP contribution in [-0.4, -0.2) is 11.0 Å². The topological polar surface area (TPSA) is 89.3 Å². The van der Waals surface area contributed by atoms with Crippen molar-refractivity contribution >= 4 is 23.2 Å². The number of hydrogen-bond acceptors (Lipinski definition) is 4. The highest BCUT2D eigenvalue weighted by molar-refractivity contribution is 5.99. The number of halogens is 3. The summed E-state index contributed by atoms with van der Waals surface area (Å²) in [6, 6.07) is 13.4. The minimum Gasteiger partial charge on any atom is -0.456 e. The molecular weight excluding hydrogens is 373 g/mol. The van der Waals surface area contributed by atoms with E-state index in [9.17, 15) is 18.0 Å². The van der Waals surface area contributed by atoms with Gasteiger partial charge in [-0.15, -0.1) is 0 Å². The first-order valence-electron chi connectivity index (χ1n) is 8.04. The fourth-order valence-electron chi connectivity index (χ4n) is 2.23. The first kappa shape index (κ1) is 19.0. The van der Waals surface area contributed by atoms with Gasteiger partial charge >= 0.3 is 12.2 Å². The van der Waals surface area contributed by atoms with Gasteiger partial charge in [-0.3, -0.25) is 0 Å². The van der Waals surface area contributed by atoms with E-state index in [0.29, 0.717) is 23.0 Å². The van der Waals surface area contributed by atoms with Crippen LogP contribution in [0.25, 0.3) is 0 Å². The number of urea groups is 1. The second kappa shape index (κ2) is 7.87. The van der Waals surface area contributed by atoms with Crippen LogP contribution in [0, 0.1) is 0 Å². The summed E-state index contributed by atoms with van der Waals surface area (Å²) in [5.74, 6) is 1.42. The Morgan fingerprint density at radius 2 is 1.39 bits per heavy atom. The van der Waals surface area contributed by atoms with Crippen LogP contribution < -0.4 is 21.1 Å². The fourth-order valence-corrected chi connectivity index (χ4v) is 2.23. The fraction of sp³-hybridized carbons (Fsp3) is 0.0526. The molecule has 3 rings (SSSR count). The normalized spacial score (nSPS) is 11.0. The molecule has 0 spiro atoms. The smallest absolute Gasteiger partial charge is 0.416 e. The van der Waals surface area contributed by atoms with Gasteiger partial charge in [-0.2, -0.15) is 13.2 Å². The van der Waals surface area contributed by atoms with Gasteiger partial charge in [0.05, 0.1) is 11.8 Å². The van der Waals surface area contributed by atoms with Crippen molar-refractivity contribution in [2.24, 2.45) is 0 Å². The number of ether oxygens (including phenoxy) is 1. The number of nitrogens with two attached hydrogens (primary N) is 1. The highest BCUT2D eigenvalue weighted by Crippen LogP contribution is 2.30. The lowest BCUT2D eigenvalue weighted by Gasteiger charge is -2.10. The van der Waals surface area contributed by atoms with Crippen LogP contribution in [0.1, 0.15) is 5.56 Å². The third kappa shape index (κ3) is 5.13. The molecule has 0 saturated heterocycles. The Labute approximate surface area is 158 Å². The van der Waals surface area contributed by atoms with Crippen LogP contribution in [-0.2, 0) is 6.18 Å². The monoisotopic (exact) mass is 388 g/mol. The number of aromatic nitrogens is 1. The maximum atomic E-state index is 12.5. The molecule has 0 aliphatic rings. The number of alkyl halides is 3. The van der Waals surface area contributed by atoms with Gasteiger partial charge in [-0.1, -0.05) is 0 Å². The summed E-state index contributed by atoms with van der Waals surface area (Å²) in [6.07, 6.45) is -2.94. The molecule has 0 saturated carbocycles. The van der Waals surface area contributed by atoms with E-state index >= 15 is 0 Å². The van der Waals surface area contributed by atoms with Crippen molar-refractivity contribution in [2.45, 2.75) is 6.18 Å². The van der Waals surface area contributed by atoms with E-state index < -0.39 is 17.8 Å². The van der Waals surface area contributed by atoms with Gasteiger partial charge < -0.3 is 21.1 Å². The molecule has 0 bridgehead atoms. The Balaban J connectivity index is 1.56. The van der Waals surface area contributed by atoms with Crippen LogP contribution in [0.4, 0.5) is 35.2 Å². The Hall–Kier alpha value is -3.75. The number of nitrogens with zero attached hydrogens (tertiary/aromatic N) is 1. The van der Waals surface area contributed by atoms with Crippen molar-refractivity contribution < 1.29 is 22.7 Å². The Morgan fingerprint density at radius 1 is 0.857 bits per heavy atom. The summed E-state index contributed by atoms with van der Waals surface area (Å²) in [6.45, 7) is 0. The molecule has 0 radical (unpaired) electrons. The first-order chi connectivity index (χ1) is 13.3. The van der Waals surface area contributed by atoms with Crippen LogP contribution in [0.2, 0.25) is 0 Å². The number of rotatable bonds is 4. The molecule has 1 heterocycles. The predicted octanol–water partition coefficient (Wildman–Crippen LogP) is 5.12. The number of anilines is 3. The number of benzene rings is 2. The van der Waals surface area contributed by atoms with E-state index in [0.717, 1.165) is 12.1 Å². The molecule has 2 amide bonds. The highest BCUT2D eigenvalue weighted by Gasteiger charge is 2.29. The molecule has 28 heavy (non-hydrogen) atoms. The van der Waals surface area contributed by atoms with Crippen LogP contribution in [0.5, 0.6) is 11.5 Å². The second-order valence-electron chi connectivity index (χ2n) is 5.70. The average molecular weight is 388 g/mol. The van der Waals surface area contributed by atoms with Crippen LogP contribution in [0.15, 0.2) is 66.9 Å².